The number of rotatable bonds is 3. The highest BCUT2D eigenvalue weighted by Gasteiger charge is 2.43. The van der Waals surface area contributed by atoms with E-state index >= 15 is 0 Å². The minimum absolute atomic E-state index is 0.188. The van der Waals surface area contributed by atoms with Crippen LogP contribution >= 0.6 is 0 Å². The second kappa shape index (κ2) is 4.59. The second-order valence-corrected chi connectivity index (χ2v) is 6.37. The molecule has 6 nitrogen and oxygen atoms in total. The van der Waals surface area contributed by atoms with E-state index in [-0.39, 0.29) is 5.41 Å². The van der Waals surface area contributed by atoms with E-state index in [2.05, 4.69) is 10.1 Å². The Bertz CT molecular complexity index is 478. The predicted octanol–water partition coefficient (Wildman–Crippen LogP) is 1.81. The van der Waals surface area contributed by atoms with Crippen LogP contribution in [0.1, 0.15) is 52.3 Å². The molecule has 1 saturated heterocycles. The Hall–Kier alpha value is -1.43. The van der Waals surface area contributed by atoms with Crippen LogP contribution in [0.4, 0.5) is 0 Å². The third-order valence-electron chi connectivity index (χ3n) is 3.69. The molecule has 0 amide bonds. The van der Waals surface area contributed by atoms with Crippen molar-refractivity contribution in [2.75, 3.05) is 6.54 Å². The van der Waals surface area contributed by atoms with E-state index in [1.54, 1.807) is 6.92 Å². The van der Waals surface area contributed by atoms with Crippen molar-refractivity contribution in [2.24, 2.45) is 0 Å². The van der Waals surface area contributed by atoms with Gasteiger partial charge in [0.25, 0.3) is 0 Å². The van der Waals surface area contributed by atoms with Gasteiger partial charge in [0.15, 0.2) is 5.82 Å². The van der Waals surface area contributed by atoms with Crippen LogP contribution in [0.2, 0.25) is 0 Å². The van der Waals surface area contributed by atoms with E-state index in [1.165, 1.54) is 0 Å². The van der Waals surface area contributed by atoms with Crippen LogP contribution in [0, 0.1) is 0 Å². The van der Waals surface area contributed by atoms with E-state index in [0.717, 1.165) is 13.0 Å². The summed E-state index contributed by atoms with van der Waals surface area (Å²) in [5.74, 6) is 0.350. The first-order valence-corrected chi connectivity index (χ1v) is 6.55. The number of nitrogens with zero attached hydrogens (tertiary/aromatic N) is 3. The van der Waals surface area contributed by atoms with E-state index < -0.39 is 11.5 Å². The molecule has 0 spiro atoms. The predicted molar refractivity (Wildman–Crippen MR) is 68.7 cm³/mol. The number of carboxylic acids is 1. The summed E-state index contributed by atoms with van der Waals surface area (Å²) in [5, 5.41) is 13.3. The first-order chi connectivity index (χ1) is 8.73. The number of carbonyl (C=O) groups is 1. The molecule has 0 aromatic carbocycles. The van der Waals surface area contributed by atoms with Gasteiger partial charge in [0.05, 0.1) is 6.54 Å². The van der Waals surface area contributed by atoms with Crippen molar-refractivity contribution in [3.05, 3.63) is 11.7 Å². The fourth-order valence-corrected chi connectivity index (χ4v) is 2.31. The summed E-state index contributed by atoms with van der Waals surface area (Å²) in [6.07, 6.45) is 1.54. The average molecular weight is 267 g/mol. The zero-order chi connectivity index (χ0) is 14.3. The summed E-state index contributed by atoms with van der Waals surface area (Å²) in [5.41, 5.74) is -1.01. The molecule has 1 atom stereocenters. The molecule has 1 unspecified atom stereocenters. The lowest BCUT2D eigenvalue weighted by molar-refractivity contribution is -0.149. The van der Waals surface area contributed by atoms with Crippen LogP contribution in [0.25, 0.3) is 0 Å². The molecule has 0 bridgehead atoms. The van der Waals surface area contributed by atoms with Crippen LogP contribution in [0.5, 0.6) is 0 Å². The lowest BCUT2D eigenvalue weighted by atomic mass is 9.97. The molecular formula is C13H21N3O3. The van der Waals surface area contributed by atoms with Crippen molar-refractivity contribution in [1.82, 2.24) is 15.0 Å². The van der Waals surface area contributed by atoms with Gasteiger partial charge in [-0.3, -0.25) is 9.69 Å². The Morgan fingerprint density at radius 3 is 2.74 bits per heavy atom. The molecule has 1 aromatic heterocycles. The van der Waals surface area contributed by atoms with Gasteiger partial charge in [0.2, 0.25) is 5.89 Å². The Kier molecular flexibility index (Phi) is 3.38. The summed E-state index contributed by atoms with van der Waals surface area (Å²) in [6.45, 7) is 8.93. The van der Waals surface area contributed by atoms with Gasteiger partial charge >= 0.3 is 5.97 Å². The summed E-state index contributed by atoms with van der Waals surface area (Å²) in [7, 11) is 0. The van der Waals surface area contributed by atoms with Gasteiger partial charge in [-0.25, -0.2) is 0 Å². The smallest absolute Gasteiger partial charge is 0.323 e. The Labute approximate surface area is 112 Å². The van der Waals surface area contributed by atoms with Gasteiger partial charge in [0, 0.05) is 5.41 Å². The normalized spacial score (nSPS) is 24.8. The maximum absolute atomic E-state index is 11.4. The van der Waals surface area contributed by atoms with Crippen molar-refractivity contribution in [3.63, 3.8) is 0 Å². The highest BCUT2D eigenvalue weighted by Crippen LogP contribution is 2.30. The van der Waals surface area contributed by atoms with Crippen molar-refractivity contribution >= 4 is 5.97 Å². The summed E-state index contributed by atoms with van der Waals surface area (Å²) >= 11 is 0. The van der Waals surface area contributed by atoms with Gasteiger partial charge in [-0.2, -0.15) is 4.98 Å². The molecule has 2 rings (SSSR count). The summed E-state index contributed by atoms with van der Waals surface area (Å²) in [4.78, 5) is 17.6. The minimum Gasteiger partial charge on any atom is -0.480 e. The monoisotopic (exact) mass is 267 g/mol. The van der Waals surface area contributed by atoms with Gasteiger partial charge in [-0.1, -0.05) is 25.9 Å². The maximum Gasteiger partial charge on any atom is 0.323 e. The zero-order valence-corrected chi connectivity index (χ0v) is 11.9. The number of hydrogen-bond acceptors (Lipinski definition) is 5. The maximum atomic E-state index is 11.4. The zero-order valence-electron chi connectivity index (χ0n) is 11.9. The number of hydrogen-bond donors (Lipinski definition) is 1. The van der Waals surface area contributed by atoms with Crippen LogP contribution in [0.3, 0.4) is 0 Å². The molecule has 19 heavy (non-hydrogen) atoms. The van der Waals surface area contributed by atoms with Gasteiger partial charge in [-0.15, -0.1) is 0 Å². The molecular weight excluding hydrogens is 246 g/mol. The highest BCUT2D eigenvalue weighted by molar-refractivity contribution is 5.78. The standard InChI is InChI=1S/C13H21N3O3/c1-12(2,3)10-14-9(15-19-10)8-16-7-5-6-13(16,4)11(17)18/h5-8H2,1-4H3,(H,17,18). The fraction of sp³-hybridized carbons (Fsp3) is 0.769. The van der Waals surface area contributed by atoms with Crippen molar-refractivity contribution in [2.45, 2.75) is 58.0 Å². The van der Waals surface area contributed by atoms with Crippen molar-refractivity contribution in [3.8, 4) is 0 Å². The molecule has 0 radical (unpaired) electrons. The number of carboxylic acid groups (broad SMARTS) is 1. The molecule has 0 aliphatic carbocycles. The first kappa shape index (κ1) is 14.0. The van der Waals surface area contributed by atoms with Crippen LogP contribution < -0.4 is 0 Å². The molecule has 106 valence electrons. The Morgan fingerprint density at radius 2 is 2.21 bits per heavy atom. The molecule has 1 N–H and O–H groups in total. The van der Waals surface area contributed by atoms with Crippen molar-refractivity contribution < 1.29 is 14.4 Å². The quantitative estimate of drug-likeness (QED) is 0.899. The Morgan fingerprint density at radius 1 is 1.53 bits per heavy atom. The van der Waals surface area contributed by atoms with Crippen LogP contribution in [-0.2, 0) is 16.8 Å². The van der Waals surface area contributed by atoms with E-state index in [4.69, 9.17) is 4.52 Å². The lowest BCUT2D eigenvalue weighted by Gasteiger charge is -2.29. The average Bonchev–Trinajstić information content (AvgIpc) is 2.87. The molecule has 1 aliphatic rings. The minimum atomic E-state index is -0.817. The van der Waals surface area contributed by atoms with Gasteiger partial charge in [0.1, 0.15) is 5.54 Å². The summed E-state index contributed by atoms with van der Waals surface area (Å²) in [6, 6.07) is 0. The highest BCUT2D eigenvalue weighted by atomic mass is 16.5. The molecule has 1 fully saturated rings. The second-order valence-electron chi connectivity index (χ2n) is 6.37. The molecule has 0 saturated carbocycles. The first-order valence-electron chi connectivity index (χ1n) is 6.55. The summed E-state index contributed by atoms with van der Waals surface area (Å²) < 4.78 is 5.23. The SMILES string of the molecule is CC(C)(C)c1nc(CN2CCCC2(C)C(=O)O)no1. The molecule has 6 heteroatoms. The molecule has 2 heterocycles. The Balaban J connectivity index is 2.13. The molecule has 1 aliphatic heterocycles. The number of aliphatic carboxylic acids is 1. The van der Waals surface area contributed by atoms with E-state index in [1.807, 2.05) is 25.7 Å². The third-order valence-corrected chi connectivity index (χ3v) is 3.69. The van der Waals surface area contributed by atoms with Crippen LogP contribution in [0.15, 0.2) is 4.52 Å². The molecule has 1 aromatic rings. The number of likely N-dealkylation sites (tertiary alicyclic amines) is 1. The lowest BCUT2D eigenvalue weighted by Crippen LogP contribution is -2.47. The topological polar surface area (TPSA) is 79.5 Å². The van der Waals surface area contributed by atoms with Crippen molar-refractivity contribution in [1.29, 1.82) is 0 Å². The largest absolute Gasteiger partial charge is 0.480 e. The number of aromatic nitrogens is 2. The third kappa shape index (κ3) is 2.63. The van der Waals surface area contributed by atoms with Gasteiger partial charge in [-0.05, 0) is 26.3 Å². The van der Waals surface area contributed by atoms with E-state index in [0.29, 0.717) is 24.7 Å². The van der Waals surface area contributed by atoms with Crippen LogP contribution in [-0.4, -0.2) is 38.2 Å². The van der Waals surface area contributed by atoms with Gasteiger partial charge < -0.3 is 9.63 Å². The van der Waals surface area contributed by atoms with E-state index in [9.17, 15) is 9.90 Å². The fourth-order valence-electron chi connectivity index (χ4n) is 2.31.